The first-order valence-electron chi connectivity index (χ1n) is 6.39. The van der Waals surface area contributed by atoms with Crippen LogP contribution >= 0.6 is 22.6 Å². The topological polar surface area (TPSA) is 15.3 Å². The van der Waals surface area contributed by atoms with Crippen LogP contribution in [0.15, 0.2) is 24.3 Å². The van der Waals surface area contributed by atoms with Crippen molar-refractivity contribution < 1.29 is 0 Å². The highest BCUT2D eigenvalue weighted by Crippen LogP contribution is 2.19. The lowest BCUT2D eigenvalue weighted by Crippen LogP contribution is -2.51. The quantitative estimate of drug-likeness (QED) is 0.848. The molecule has 1 atom stereocenters. The second-order valence-electron chi connectivity index (χ2n) is 5.20. The summed E-state index contributed by atoms with van der Waals surface area (Å²) in [7, 11) is 0. The number of nitrogens with one attached hydrogen (secondary N) is 1. The Morgan fingerprint density at radius 2 is 2.06 bits per heavy atom. The fourth-order valence-electron chi connectivity index (χ4n) is 2.44. The fraction of sp³-hybridized carbons (Fsp3) is 0.571. The van der Waals surface area contributed by atoms with Crippen molar-refractivity contribution in [3.8, 4) is 0 Å². The van der Waals surface area contributed by atoms with Gasteiger partial charge in [0.1, 0.15) is 0 Å². The van der Waals surface area contributed by atoms with Crippen LogP contribution in [0.3, 0.4) is 0 Å². The summed E-state index contributed by atoms with van der Waals surface area (Å²) in [5.41, 5.74) is 1.36. The lowest BCUT2D eigenvalue weighted by Gasteiger charge is -2.36. The van der Waals surface area contributed by atoms with Crippen LogP contribution < -0.4 is 10.2 Å². The molecule has 94 valence electrons. The van der Waals surface area contributed by atoms with E-state index < -0.39 is 0 Å². The summed E-state index contributed by atoms with van der Waals surface area (Å²) in [4.78, 5) is 2.50. The molecule has 0 radical (unpaired) electrons. The maximum Gasteiger partial charge on any atom is 0.0367 e. The first kappa shape index (κ1) is 13.1. The number of benzene rings is 1. The van der Waals surface area contributed by atoms with Gasteiger partial charge in [-0.05, 0) is 59.2 Å². The number of hydrogen-bond donors (Lipinski definition) is 1. The van der Waals surface area contributed by atoms with Crippen molar-refractivity contribution >= 4 is 28.3 Å². The van der Waals surface area contributed by atoms with Crippen LogP contribution in [0.4, 0.5) is 5.69 Å². The summed E-state index contributed by atoms with van der Waals surface area (Å²) in [5.74, 6) is 0.768. The zero-order valence-electron chi connectivity index (χ0n) is 10.6. The standard InChI is InChI=1S/C14H21IN2/c1-11(2)9-13-10-17(8-7-16-13)14-5-3-12(15)4-6-14/h3-6,11,13,16H,7-10H2,1-2H3. The Morgan fingerprint density at radius 1 is 1.35 bits per heavy atom. The van der Waals surface area contributed by atoms with E-state index in [-0.39, 0.29) is 0 Å². The summed E-state index contributed by atoms with van der Waals surface area (Å²) in [6.07, 6.45) is 1.26. The predicted octanol–water partition coefficient (Wildman–Crippen LogP) is 3.12. The molecular weight excluding hydrogens is 323 g/mol. The van der Waals surface area contributed by atoms with Crippen molar-refractivity contribution in [3.05, 3.63) is 27.8 Å². The van der Waals surface area contributed by atoms with Gasteiger partial charge in [0.25, 0.3) is 0 Å². The highest BCUT2D eigenvalue weighted by molar-refractivity contribution is 14.1. The van der Waals surface area contributed by atoms with Crippen molar-refractivity contribution in [2.75, 3.05) is 24.5 Å². The Bertz CT molecular complexity index is 348. The number of rotatable bonds is 3. The highest BCUT2D eigenvalue weighted by Gasteiger charge is 2.19. The third-order valence-corrected chi connectivity index (χ3v) is 3.92. The molecular formula is C14H21IN2. The molecule has 0 aliphatic carbocycles. The number of nitrogens with zero attached hydrogens (tertiary/aromatic N) is 1. The van der Waals surface area contributed by atoms with E-state index in [2.05, 4.69) is 70.9 Å². The maximum atomic E-state index is 3.62. The van der Waals surface area contributed by atoms with Crippen LogP contribution in [0, 0.1) is 9.49 Å². The van der Waals surface area contributed by atoms with Crippen LogP contribution in [-0.2, 0) is 0 Å². The monoisotopic (exact) mass is 344 g/mol. The van der Waals surface area contributed by atoms with Crippen LogP contribution in [0.5, 0.6) is 0 Å². The van der Waals surface area contributed by atoms with Gasteiger partial charge >= 0.3 is 0 Å². The first-order valence-corrected chi connectivity index (χ1v) is 7.47. The summed E-state index contributed by atoms with van der Waals surface area (Å²) in [6.45, 7) is 7.95. The van der Waals surface area contributed by atoms with Crippen LogP contribution in [0.25, 0.3) is 0 Å². The molecule has 1 aromatic rings. The molecule has 1 aromatic carbocycles. The van der Waals surface area contributed by atoms with E-state index in [9.17, 15) is 0 Å². The van der Waals surface area contributed by atoms with Crippen molar-refractivity contribution in [3.63, 3.8) is 0 Å². The molecule has 1 saturated heterocycles. The average Bonchev–Trinajstić information content (AvgIpc) is 2.29. The molecule has 1 fully saturated rings. The Hall–Kier alpha value is -0.290. The SMILES string of the molecule is CC(C)CC1CN(c2ccc(I)cc2)CCN1. The van der Waals surface area contributed by atoms with E-state index in [1.807, 2.05) is 0 Å². The minimum absolute atomic E-state index is 0.642. The van der Waals surface area contributed by atoms with Crippen LogP contribution in [0.2, 0.25) is 0 Å². The molecule has 3 heteroatoms. The van der Waals surface area contributed by atoms with Gasteiger partial charge in [-0.2, -0.15) is 0 Å². The number of halogens is 1. The number of hydrogen-bond acceptors (Lipinski definition) is 2. The number of anilines is 1. The van der Waals surface area contributed by atoms with Gasteiger partial charge in [-0.3, -0.25) is 0 Å². The minimum Gasteiger partial charge on any atom is -0.369 e. The van der Waals surface area contributed by atoms with Gasteiger partial charge in [-0.25, -0.2) is 0 Å². The number of piperazine rings is 1. The van der Waals surface area contributed by atoms with E-state index >= 15 is 0 Å². The summed E-state index contributed by atoms with van der Waals surface area (Å²) in [6, 6.07) is 9.49. The highest BCUT2D eigenvalue weighted by atomic mass is 127. The van der Waals surface area contributed by atoms with Crippen LogP contribution in [0.1, 0.15) is 20.3 Å². The maximum absolute atomic E-state index is 3.62. The van der Waals surface area contributed by atoms with Gasteiger partial charge in [0.2, 0.25) is 0 Å². The lowest BCUT2D eigenvalue weighted by molar-refractivity contribution is 0.388. The summed E-state index contributed by atoms with van der Waals surface area (Å²) < 4.78 is 1.31. The molecule has 17 heavy (non-hydrogen) atoms. The molecule has 1 unspecified atom stereocenters. The zero-order valence-corrected chi connectivity index (χ0v) is 12.8. The van der Waals surface area contributed by atoms with Gasteiger partial charge < -0.3 is 10.2 Å². The average molecular weight is 344 g/mol. The Morgan fingerprint density at radius 3 is 2.71 bits per heavy atom. The molecule has 0 saturated carbocycles. The third kappa shape index (κ3) is 3.85. The predicted molar refractivity (Wildman–Crippen MR) is 82.6 cm³/mol. The van der Waals surface area contributed by atoms with Gasteiger partial charge in [0, 0.05) is 34.9 Å². The Labute approximate surface area is 118 Å². The van der Waals surface area contributed by atoms with Crippen molar-refractivity contribution in [1.82, 2.24) is 5.32 Å². The molecule has 0 spiro atoms. The van der Waals surface area contributed by atoms with Gasteiger partial charge in [-0.1, -0.05) is 13.8 Å². The second kappa shape index (κ2) is 6.05. The molecule has 0 amide bonds. The van der Waals surface area contributed by atoms with Crippen LogP contribution in [-0.4, -0.2) is 25.7 Å². The van der Waals surface area contributed by atoms with Gasteiger partial charge in [0.15, 0.2) is 0 Å². The molecule has 2 nitrogen and oxygen atoms in total. The van der Waals surface area contributed by atoms with Crippen molar-refractivity contribution in [2.45, 2.75) is 26.3 Å². The fourth-order valence-corrected chi connectivity index (χ4v) is 2.80. The Kier molecular flexibility index (Phi) is 4.68. The molecule has 1 aliphatic rings. The van der Waals surface area contributed by atoms with E-state index in [1.165, 1.54) is 15.7 Å². The minimum atomic E-state index is 0.642. The lowest BCUT2D eigenvalue weighted by atomic mass is 10.0. The molecule has 2 rings (SSSR count). The van der Waals surface area contributed by atoms with Gasteiger partial charge in [0.05, 0.1) is 0 Å². The zero-order chi connectivity index (χ0) is 12.3. The molecule has 1 aliphatic heterocycles. The first-order chi connectivity index (χ1) is 8.15. The Balaban J connectivity index is 1.99. The molecule has 1 N–H and O–H groups in total. The summed E-state index contributed by atoms with van der Waals surface area (Å²) >= 11 is 2.36. The molecule has 0 bridgehead atoms. The largest absolute Gasteiger partial charge is 0.369 e. The van der Waals surface area contributed by atoms with Crippen molar-refractivity contribution in [2.24, 2.45) is 5.92 Å². The molecule has 0 aromatic heterocycles. The van der Waals surface area contributed by atoms with E-state index in [1.54, 1.807) is 0 Å². The van der Waals surface area contributed by atoms with Crippen molar-refractivity contribution in [1.29, 1.82) is 0 Å². The van der Waals surface area contributed by atoms with E-state index in [4.69, 9.17) is 0 Å². The third-order valence-electron chi connectivity index (χ3n) is 3.20. The van der Waals surface area contributed by atoms with Gasteiger partial charge in [-0.15, -0.1) is 0 Å². The van der Waals surface area contributed by atoms with E-state index in [0.717, 1.165) is 25.6 Å². The van der Waals surface area contributed by atoms with E-state index in [0.29, 0.717) is 6.04 Å². The smallest absolute Gasteiger partial charge is 0.0367 e. The molecule has 1 heterocycles. The normalized spacial score (nSPS) is 20.9. The second-order valence-corrected chi connectivity index (χ2v) is 6.45. The summed E-state index contributed by atoms with van der Waals surface area (Å²) in [5, 5.41) is 3.62.